The van der Waals surface area contributed by atoms with Gasteiger partial charge in [0, 0.05) is 14.9 Å². The Hall–Kier alpha value is -2.01. The normalized spacial score (nSPS) is 16.3. The number of nitrogens with zero attached hydrogens (tertiary/aromatic N) is 2. The molecular weight excluding hydrogens is 568 g/mol. The molecule has 3 heterocycles. The number of phenols is 1. The monoisotopic (exact) mass is 582 g/mol. The molecule has 31 heavy (non-hydrogen) atoms. The molecule has 1 aliphatic heterocycles. The zero-order chi connectivity index (χ0) is 22.3. The molecule has 0 unspecified atom stereocenters. The number of hydrogen-bond donors (Lipinski definition) is 1. The van der Waals surface area contributed by atoms with Gasteiger partial charge in [0.25, 0.3) is 5.56 Å². The van der Waals surface area contributed by atoms with Crippen molar-refractivity contribution in [3.63, 3.8) is 0 Å². The van der Waals surface area contributed by atoms with Crippen LogP contribution in [0.4, 0.5) is 0 Å². The van der Waals surface area contributed by atoms with Gasteiger partial charge < -0.3 is 9.84 Å². The highest BCUT2D eigenvalue weighted by atomic mass is 79.9. The summed E-state index contributed by atoms with van der Waals surface area (Å²) in [5, 5.41) is 12.3. The second-order valence-electron chi connectivity index (χ2n) is 6.64. The number of fused-ring (bicyclic) bond motifs is 1. The minimum atomic E-state index is -0.611. The van der Waals surface area contributed by atoms with Crippen LogP contribution >= 0.6 is 54.5 Å². The summed E-state index contributed by atoms with van der Waals surface area (Å²) >= 11 is 9.39. The number of thiazole rings is 1. The summed E-state index contributed by atoms with van der Waals surface area (Å²) in [7, 11) is 0. The lowest BCUT2D eigenvalue weighted by Gasteiger charge is -2.23. The number of benzene rings is 1. The van der Waals surface area contributed by atoms with E-state index in [2.05, 4.69) is 36.9 Å². The quantitative estimate of drug-likeness (QED) is 0.469. The molecule has 10 heteroatoms. The van der Waals surface area contributed by atoms with E-state index >= 15 is 0 Å². The van der Waals surface area contributed by atoms with E-state index in [1.165, 1.54) is 27.2 Å². The predicted molar refractivity (Wildman–Crippen MR) is 128 cm³/mol. The fourth-order valence-corrected chi connectivity index (χ4v) is 6.46. The van der Waals surface area contributed by atoms with Crippen LogP contribution in [0, 0.1) is 0 Å². The van der Waals surface area contributed by atoms with Crippen molar-refractivity contribution in [2.75, 3.05) is 6.61 Å². The van der Waals surface area contributed by atoms with Crippen molar-refractivity contribution in [1.82, 2.24) is 4.57 Å². The van der Waals surface area contributed by atoms with Crippen LogP contribution < -0.4 is 14.9 Å². The number of carbonyl (C=O) groups is 1. The fraction of sp³-hybridized carbons (Fsp3) is 0.190. The third kappa shape index (κ3) is 4.09. The molecule has 160 valence electrons. The summed E-state index contributed by atoms with van der Waals surface area (Å²) in [6, 6.07) is 6.61. The number of carbonyl (C=O) groups excluding carboxylic acids is 1. The van der Waals surface area contributed by atoms with E-state index in [-0.39, 0.29) is 17.9 Å². The third-order valence-electron chi connectivity index (χ3n) is 4.67. The first kappa shape index (κ1) is 22.2. The standard InChI is InChI=1S/C21H16Br2N2O4S2/c1-3-29-20(28)16-10(2)24-21-25(17(16)14-5-4-6-30-14)19(27)15(31-21)8-11-7-12(22)9-13(23)18(11)26/h4-9,17,26H,3H2,1-2H3/b15-8-/t17-/m0/s1. The van der Waals surface area contributed by atoms with Crippen molar-refractivity contribution in [2.45, 2.75) is 19.9 Å². The molecule has 6 nitrogen and oxygen atoms in total. The first-order valence-electron chi connectivity index (χ1n) is 9.23. The Kier molecular flexibility index (Phi) is 6.34. The number of halogens is 2. The van der Waals surface area contributed by atoms with Crippen LogP contribution in [-0.2, 0) is 9.53 Å². The molecular formula is C21H16Br2N2O4S2. The average molecular weight is 584 g/mol. The summed E-state index contributed by atoms with van der Waals surface area (Å²) in [6.07, 6.45) is 1.63. The van der Waals surface area contributed by atoms with Gasteiger partial charge in [-0.25, -0.2) is 9.79 Å². The molecule has 0 spiro atoms. The lowest BCUT2D eigenvalue weighted by atomic mass is 10.0. The minimum absolute atomic E-state index is 0.0345. The first-order valence-corrected chi connectivity index (χ1v) is 12.5. The van der Waals surface area contributed by atoms with E-state index in [4.69, 9.17) is 4.74 Å². The molecule has 1 aliphatic rings. The molecule has 0 radical (unpaired) electrons. The van der Waals surface area contributed by atoms with E-state index < -0.39 is 12.0 Å². The summed E-state index contributed by atoms with van der Waals surface area (Å²) < 4.78 is 8.47. The number of ether oxygens (including phenoxy) is 1. The minimum Gasteiger partial charge on any atom is -0.506 e. The van der Waals surface area contributed by atoms with Crippen LogP contribution in [0.3, 0.4) is 0 Å². The van der Waals surface area contributed by atoms with Gasteiger partial charge in [0.1, 0.15) is 11.8 Å². The summed E-state index contributed by atoms with van der Waals surface area (Å²) in [6.45, 7) is 3.72. The van der Waals surface area contributed by atoms with Crippen molar-refractivity contribution >= 4 is 66.6 Å². The molecule has 0 saturated heterocycles. The Bertz CT molecular complexity index is 1390. The maximum atomic E-state index is 13.4. The number of allylic oxidation sites excluding steroid dienone is 1. The number of hydrogen-bond acceptors (Lipinski definition) is 7. The molecule has 2 aromatic heterocycles. The number of esters is 1. The number of phenolic OH excluding ortho intramolecular Hbond substituents is 1. The van der Waals surface area contributed by atoms with Gasteiger partial charge in [-0.15, -0.1) is 11.3 Å². The van der Waals surface area contributed by atoms with Crippen molar-refractivity contribution < 1.29 is 14.6 Å². The predicted octanol–water partition coefficient (Wildman–Crippen LogP) is 4.09. The van der Waals surface area contributed by atoms with Crippen LogP contribution in [0.2, 0.25) is 0 Å². The second kappa shape index (κ2) is 8.85. The molecule has 0 fully saturated rings. The van der Waals surface area contributed by atoms with E-state index in [0.29, 0.717) is 30.6 Å². The molecule has 1 aromatic carbocycles. The van der Waals surface area contributed by atoms with Crippen molar-refractivity contribution in [3.8, 4) is 5.75 Å². The number of thiophene rings is 1. The molecule has 0 amide bonds. The summed E-state index contributed by atoms with van der Waals surface area (Å²) in [4.78, 5) is 32.1. The van der Waals surface area contributed by atoms with Crippen LogP contribution in [0.5, 0.6) is 5.75 Å². The van der Waals surface area contributed by atoms with Crippen LogP contribution in [0.1, 0.15) is 30.3 Å². The highest BCUT2D eigenvalue weighted by molar-refractivity contribution is 9.11. The Morgan fingerprint density at radius 3 is 2.84 bits per heavy atom. The second-order valence-corrected chi connectivity index (χ2v) is 10.4. The molecule has 1 atom stereocenters. The Morgan fingerprint density at radius 2 is 2.16 bits per heavy atom. The highest BCUT2D eigenvalue weighted by Crippen LogP contribution is 2.34. The van der Waals surface area contributed by atoms with Gasteiger partial charge in [-0.3, -0.25) is 9.36 Å². The molecule has 3 aromatic rings. The largest absolute Gasteiger partial charge is 0.506 e. The highest BCUT2D eigenvalue weighted by Gasteiger charge is 2.33. The smallest absolute Gasteiger partial charge is 0.338 e. The van der Waals surface area contributed by atoms with Crippen molar-refractivity contribution in [2.24, 2.45) is 4.99 Å². The van der Waals surface area contributed by atoms with Gasteiger partial charge in [-0.05, 0) is 59.4 Å². The summed E-state index contributed by atoms with van der Waals surface area (Å²) in [5.74, 6) is -0.447. The Labute approximate surface area is 202 Å². The maximum Gasteiger partial charge on any atom is 0.338 e. The van der Waals surface area contributed by atoms with E-state index in [1.807, 2.05) is 17.5 Å². The summed E-state index contributed by atoms with van der Waals surface area (Å²) in [5.41, 5.74) is 1.08. The van der Waals surface area contributed by atoms with Gasteiger partial charge >= 0.3 is 5.97 Å². The SMILES string of the molecule is CCOC(=O)C1=C(C)N=c2s/c(=C\c3cc(Br)cc(Br)c3O)c(=O)n2[C@H]1c1cccs1. The van der Waals surface area contributed by atoms with Gasteiger partial charge in [-0.1, -0.05) is 33.3 Å². The van der Waals surface area contributed by atoms with Crippen molar-refractivity contribution in [1.29, 1.82) is 0 Å². The van der Waals surface area contributed by atoms with E-state index in [0.717, 1.165) is 9.35 Å². The van der Waals surface area contributed by atoms with Crippen molar-refractivity contribution in [3.05, 3.63) is 80.0 Å². The average Bonchev–Trinajstić information content (AvgIpc) is 3.34. The molecule has 0 bridgehead atoms. The molecule has 0 saturated carbocycles. The number of rotatable bonds is 4. The fourth-order valence-electron chi connectivity index (χ4n) is 3.34. The third-order valence-corrected chi connectivity index (χ3v) is 7.64. The number of aromatic hydroxyl groups is 1. The van der Waals surface area contributed by atoms with Gasteiger partial charge in [0.15, 0.2) is 4.80 Å². The Balaban J connectivity index is 1.97. The molecule has 1 N–H and O–H groups in total. The van der Waals surface area contributed by atoms with Gasteiger partial charge in [0.05, 0.1) is 26.9 Å². The van der Waals surface area contributed by atoms with Gasteiger partial charge in [0.2, 0.25) is 0 Å². The first-order chi connectivity index (χ1) is 14.8. The lowest BCUT2D eigenvalue weighted by molar-refractivity contribution is -0.139. The van der Waals surface area contributed by atoms with Crippen LogP contribution in [0.25, 0.3) is 6.08 Å². The van der Waals surface area contributed by atoms with E-state index in [1.54, 1.807) is 32.1 Å². The molecule has 0 aliphatic carbocycles. The van der Waals surface area contributed by atoms with Gasteiger partial charge in [-0.2, -0.15) is 0 Å². The maximum absolute atomic E-state index is 13.4. The zero-order valence-electron chi connectivity index (χ0n) is 16.4. The Morgan fingerprint density at radius 1 is 1.39 bits per heavy atom. The zero-order valence-corrected chi connectivity index (χ0v) is 21.2. The van der Waals surface area contributed by atoms with Crippen LogP contribution in [-0.4, -0.2) is 22.2 Å². The van der Waals surface area contributed by atoms with E-state index in [9.17, 15) is 14.7 Å². The van der Waals surface area contributed by atoms with Crippen LogP contribution in [0.15, 0.2) is 59.6 Å². The number of aromatic nitrogens is 1. The molecule has 4 rings (SSSR count). The lowest BCUT2D eigenvalue weighted by Crippen LogP contribution is -2.39. The topological polar surface area (TPSA) is 80.9 Å².